The molecule has 3 N–H and O–H groups in total. The number of pyridine rings is 1. The van der Waals surface area contributed by atoms with E-state index in [1.54, 1.807) is 6.07 Å². The molecule has 5 aromatic rings. The fourth-order valence-corrected chi connectivity index (χ4v) is 5.80. The fraction of sp³-hybridized carbons (Fsp3) is 0.219. The Kier molecular flexibility index (Phi) is 6.23. The number of H-pyrrole nitrogens is 1. The number of anilines is 1. The van der Waals surface area contributed by atoms with E-state index in [-0.39, 0.29) is 11.9 Å². The van der Waals surface area contributed by atoms with E-state index in [0.29, 0.717) is 12.4 Å². The molecule has 1 atom stereocenters. The van der Waals surface area contributed by atoms with Gasteiger partial charge in [-0.05, 0) is 96.7 Å². The number of ether oxygens (including phenoxy) is 1. The molecule has 4 heterocycles. The summed E-state index contributed by atoms with van der Waals surface area (Å²) in [5.74, 6) is 0.270. The summed E-state index contributed by atoms with van der Waals surface area (Å²) in [5.41, 5.74) is 15.0. The lowest BCUT2D eigenvalue weighted by Crippen LogP contribution is -2.25. The van der Waals surface area contributed by atoms with Gasteiger partial charge < -0.3 is 15.1 Å². The summed E-state index contributed by atoms with van der Waals surface area (Å²) in [6.45, 7) is 3.67. The molecule has 7 rings (SSSR count). The lowest BCUT2D eigenvalue weighted by molar-refractivity contribution is 0.237. The van der Waals surface area contributed by atoms with Crippen LogP contribution in [0.2, 0.25) is 0 Å². The van der Waals surface area contributed by atoms with Crippen LogP contribution in [-0.2, 0) is 0 Å². The summed E-state index contributed by atoms with van der Waals surface area (Å²) in [6.07, 6.45) is 6.12. The number of benzene rings is 3. The fourth-order valence-electron chi connectivity index (χ4n) is 5.80. The first kappa shape index (κ1) is 23.9. The Bertz CT molecular complexity index is 1630. The number of aromatic amines is 1. The third kappa shape index (κ3) is 4.75. The van der Waals surface area contributed by atoms with Gasteiger partial charge in [0.1, 0.15) is 18.2 Å². The highest BCUT2D eigenvalue weighted by Gasteiger charge is 2.26. The molecule has 1 saturated heterocycles. The van der Waals surface area contributed by atoms with E-state index >= 15 is 0 Å². The molecule has 2 aliphatic rings. The number of aromatic nitrogens is 2. The predicted octanol–water partition coefficient (Wildman–Crippen LogP) is 6.53. The van der Waals surface area contributed by atoms with Crippen LogP contribution in [0.1, 0.15) is 30.1 Å². The Balaban J connectivity index is 1.19. The zero-order chi connectivity index (χ0) is 26.2. The molecule has 1 fully saturated rings. The first-order valence-corrected chi connectivity index (χ1v) is 13.5. The minimum absolute atomic E-state index is 0.0565. The molecule has 0 saturated carbocycles. The molecular weight excluding hydrogens is 489 g/mol. The lowest BCUT2D eigenvalue weighted by atomic mass is 9.97. The van der Waals surface area contributed by atoms with Gasteiger partial charge >= 0.3 is 0 Å². The van der Waals surface area contributed by atoms with E-state index in [1.165, 1.54) is 18.9 Å². The van der Waals surface area contributed by atoms with Crippen molar-refractivity contribution in [2.24, 2.45) is 0 Å². The second kappa shape index (κ2) is 10.2. The van der Waals surface area contributed by atoms with Gasteiger partial charge in [0.15, 0.2) is 0 Å². The number of fused-ring (bicyclic) bond motifs is 2. The minimum atomic E-state index is -0.296. The molecule has 0 spiro atoms. The van der Waals surface area contributed by atoms with Crippen LogP contribution >= 0.6 is 0 Å². The van der Waals surface area contributed by atoms with Crippen molar-refractivity contribution < 1.29 is 9.13 Å². The molecule has 0 bridgehead atoms. The Labute approximate surface area is 226 Å². The molecule has 6 nitrogen and oxygen atoms in total. The molecule has 0 aliphatic carbocycles. The Hall–Kier alpha value is -4.20. The zero-order valence-electron chi connectivity index (χ0n) is 21.6. The van der Waals surface area contributed by atoms with Crippen molar-refractivity contribution in [3.05, 3.63) is 102 Å². The van der Waals surface area contributed by atoms with Gasteiger partial charge in [0, 0.05) is 47.2 Å². The smallest absolute Gasteiger partial charge is 0.127 e. The molecule has 0 amide bonds. The first-order valence-electron chi connectivity index (χ1n) is 13.5. The maximum Gasteiger partial charge on any atom is 0.127 e. The largest absolute Gasteiger partial charge is 0.492 e. The van der Waals surface area contributed by atoms with E-state index < -0.39 is 0 Å². The number of likely N-dealkylation sites (tertiary alicyclic amines) is 1. The van der Waals surface area contributed by atoms with Gasteiger partial charge in [-0.15, -0.1) is 0 Å². The molecule has 2 aliphatic heterocycles. The number of hydrogen-bond acceptors (Lipinski definition) is 5. The highest BCUT2D eigenvalue weighted by molar-refractivity contribution is 5.96. The minimum Gasteiger partial charge on any atom is -0.492 e. The third-order valence-corrected chi connectivity index (χ3v) is 7.78. The standard InChI is InChI=1S/C32H30FN5O/c33-24-16-23(17-25(19-24)39-15-14-38-12-1-2-13-38)26-4-3-5-29-27(26)20-31(35-29)32-28-18-22(6-7-30(28)36-37-32)21-8-10-34-11-9-21/h3-11,16-20,32,35-37H,1-2,12-15H2. The van der Waals surface area contributed by atoms with Gasteiger partial charge in [-0.1, -0.05) is 18.2 Å². The van der Waals surface area contributed by atoms with E-state index in [0.717, 1.165) is 69.7 Å². The number of halogens is 1. The second-order valence-corrected chi connectivity index (χ2v) is 10.3. The summed E-state index contributed by atoms with van der Waals surface area (Å²) in [4.78, 5) is 10.1. The predicted molar refractivity (Wildman–Crippen MR) is 153 cm³/mol. The van der Waals surface area contributed by atoms with Crippen molar-refractivity contribution in [3.8, 4) is 28.0 Å². The van der Waals surface area contributed by atoms with Crippen molar-refractivity contribution >= 4 is 16.6 Å². The lowest BCUT2D eigenvalue weighted by Gasteiger charge is -2.15. The number of hydrazine groups is 1. The maximum atomic E-state index is 14.7. The Morgan fingerprint density at radius 1 is 0.897 bits per heavy atom. The molecule has 39 heavy (non-hydrogen) atoms. The number of nitrogens with one attached hydrogen (secondary N) is 3. The van der Waals surface area contributed by atoms with Crippen molar-refractivity contribution in [1.82, 2.24) is 20.3 Å². The van der Waals surface area contributed by atoms with Crippen molar-refractivity contribution in [1.29, 1.82) is 0 Å². The van der Waals surface area contributed by atoms with Gasteiger partial charge in [-0.3, -0.25) is 9.88 Å². The van der Waals surface area contributed by atoms with Gasteiger partial charge in [0.05, 0.1) is 11.7 Å². The average Bonchev–Trinajstić information content (AvgIpc) is 3.72. The van der Waals surface area contributed by atoms with Crippen LogP contribution in [-0.4, -0.2) is 41.1 Å². The van der Waals surface area contributed by atoms with Crippen molar-refractivity contribution in [2.75, 3.05) is 31.7 Å². The Morgan fingerprint density at radius 3 is 2.64 bits per heavy atom. The number of rotatable bonds is 7. The molecule has 3 aromatic carbocycles. The van der Waals surface area contributed by atoms with Gasteiger partial charge in [0.25, 0.3) is 0 Å². The van der Waals surface area contributed by atoms with Crippen LogP contribution in [0.5, 0.6) is 5.75 Å². The quantitative estimate of drug-likeness (QED) is 0.228. The molecular formula is C32H30FN5O. The average molecular weight is 520 g/mol. The van der Waals surface area contributed by atoms with Crippen molar-refractivity contribution in [3.63, 3.8) is 0 Å². The summed E-state index contributed by atoms with van der Waals surface area (Å²) < 4.78 is 20.7. The van der Waals surface area contributed by atoms with Crippen LogP contribution in [0.15, 0.2) is 85.2 Å². The summed E-state index contributed by atoms with van der Waals surface area (Å²) in [7, 11) is 0. The van der Waals surface area contributed by atoms with Gasteiger partial charge in [-0.2, -0.15) is 0 Å². The maximum absolute atomic E-state index is 14.7. The van der Waals surface area contributed by atoms with E-state index in [9.17, 15) is 4.39 Å². The van der Waals surface area contributed by atoms with Crippen LogP contribution in [0.4, 0.5) is 10.1 Å². The molecule has 1 unspecified atom stereocenters. The summed E-state index contributed by atoms with van der Waals surface area (Å²) >= 11 is 0. The highest BCUT2D eigenvalue weighted by Crippen LogP contribution is 2.39. The molecule has 2 aromatic heterocycles. The first-order chi connectivity index (χ1) is 19.2. The summed E-state index contributed by atoms with van der Waals surface area (Å²) in [6, 6.07) is 23.7. The van der Waals surface area contributed by atoms with Crippen LogP contribution in [0, 0.1) is 5.82 Å². The van der Waals surface area contributed by atoms with Crippen LogP contribution < -0.4 is 15.6 Å². The van der Waals surface area contributed by atoms with Crippen molar-refractivity contribution in [2.45, 2.75) is 18.9 Å². The van der Waals surface area contributed by atoms with E-state index in [1.807, 2.05) is 42.7 Å². The SMILES string of the molecule is Fc1cc(OCCN2CCCC2)cc(-c2cccc3[nH]c(C4NNc5ccc(-c6ccncc6)cc54)cc23)c1. The normalized spacial score (nSPS) is 16.9. The monoisotopic (exact) mass is 519 g/mol. The van der Waals surface area contributed by atoms with Crippen LogP contribution in [0.25, 0.3) is 33.2 Å². The molecule has 0 radical (unpaired) electrons. The van der Waals surface area contributed by atoms with Crippen LogP contribution in [0.3, 0.4) is 0 Å². The Morgan fingerprint density at radius 2 is 1.77 bits per heavy atom. The van der Waals surface area contributed by atoms with Gasteiger partial charge in [-0.25, -0.2) is 9.82 Å². The molecule has 7 heteroatoms. The van der Waals surface area contributed by atoms with E-state index in [2.05, 4.69) is 56.1 Å². The topological polar surface area (TPSA) is 65.2 Å². The van der Waals surface area contributed by atoms with Gasteiger partial charge in [0.2, 0.25) is 0 Å². The number of nitrogens with zero attached hydrogens (tertiary/aromatic N) is 2. The van der Waals surface area contributed by atoms with E-state index in [4.69, 9.17) is 4.74 Å². The second-order valence-electron chi connectivity index (χ2n) is 10.3. The summed E-state index contributed by atoms with van der Waals surface area (Å²) in [5, 5.41) is 1.04. The highest BCUT2D eigenvalue weighted by atomic mass is 19.1. The third-order valence-electron chi connectivity index (χ3n) is 7.78. The zero-order valence-corrected chi connectivity index (χ0v) is 21.6. The molecule has 196 valence electrons. The number of hydrogen-bond donors (Lipinski definition) is 3.